The van der Waals surface area contributed by atoms with E-state index >= 15 is 0 Å². The number of nitrogens with zero attached hydrogens (tertiary/aromatic N) is 1. The van der Waals surface area contributed by atoms with Crippen LogP contribution in [-0.2, 0) is 9.59 Å². The lowest BCUT2D eigenvalue weighted by atomic mass is 9.89. The molecule has 1 aromatic heterocycles. The molecule has 8 heteroatoms. The van der Waals surface area contributed by atoms with Crippen LogP contribution in [0.1, 0.15) is 16.7 Å². The van der Waals surface area contributed by atoms with Crippen LogP contribution in [0, 0.1) is 6.92 Å². The summed E-state index contributed by atoms with van der Waals surface area (Å²) in [7, 11) is 0. The number of Topliss-reactive ketones (excluding diaryl/α,β-unsaturated/α-hetero) is 1. The lowest BCUT2D eigenvalue weighted by molar-refractivity contribution is -0.116. The highest BCUT2D eigenvalue weighted by Gasteiger charge is 2.30. The van der Waals surface area contributed by atoms with Crippen LogP contribution < -0.4 is 16.3 Å². The van der Waals surface area contributed by atoms with Gasteiger partial charge in [-0.05, 0) is 59.8 Å². The first-order valence-electron chi connectivity index (χ1n) is 12.2. The number of amides is 1. The van der Waals surface area contributed by atoms with Crippen molar-refractivity contribution in [1.82, 2.24) is 4.98 Å². The van der Waals surface area contributed by atoms with Crippen molar-refractivity contribution < 1.29 is 9.59 Å². The number of pyridine rings is 1. The van der Waals surface area contributed by atoms with Gasteiger partial charge in [0.1, 0.15) is 5.71 Å². The summed E-state index contributed by atoms with van der Waals surface area (Å²) in [5.41, 5.74) is 6.55. The molecule has 1 amide bonds. The molecule has 39 heavy (non-hydrogen) atoms. The molecule has 190 valence electrons. The molecule has 6 rings (SSSR count). The molecule has 0 radical (unpaired) electrons. The second-order valence-corrected chi connectivity index (χ2v) is 9.65. The van der Waals surface area contributed by atoms with Gasteiger partial charge in [0.15, 0.2) is 0 Å². The van der Waals surface area contributed by atoms with E-state index in [1.807, 2.05) is 49.4 Å². The number of anilines is 2. The maximum atomic E-state index is 13.5. The number of rotatable bonds is 4. The largest absolute Gasteiger partial charge is 0.322 e. The van der Waals surface area contributed by atoms with Crippen LogP contribution in [0.4, 0.5) is 11.4 Å². The summed E-state index contributed by atoms with van der Waals surface area (Å²) in [5.74, 6) is -1.14. The van der Waals surface area contributed by atoms with Gasteiger partial charge in [-0.3, -0.25) is 19.8 Å². The number of aryl methyl sites for hydroxylation is 1. The fourth-order valence-electron chi connectivity index (χ4n) is 4.68. The molecule has 1 aliphatic rings. The third-order valence-corrected chi connectivity index (χ3v) is 6.93. The highest BCUT2D eigenvalue weighted by atomic mass is 35.5. The van der Waals surface area contributed by atoms with Crippen LogP contribution in [0.5, 0.6) is 0 Å². The van der Waals surface area contributed by atoms with Crippen LogP contribution in [0.25, 0.3) is 27.8 Å². The molecule has 5 aromatic rings. The average Bonchev–Trinajstić information content (AvgIpc) is 2.93. The molecular formula is C31H21ClN4O3. The van der Waals surface area contributed by atoms with E-state index in [1.165, 1.54) is 0 Å². The van der Waals surface area contributed by atoms with Gasteiger partial charge in [-0.25, -0.2) is 0 Å². The first kappa shape index (κ1) is 24.3. The van der Waals surface area contributed by atoms with Crippen LogP contribution in [0.2, 0.25) is 5.02 Å². The predicted molar refractivity (Wildman–Crippen MR) is 156 cm³/mol. The minimum absolute atomic E-state index is 0.0724. The molecule has 3 N–H and O–H groups in total. The summed E-state index contributed by atoms with van der Waals surface area (Å²) >= 11 is 6.32. The van der Waals surface area contributed by atoms with Crippen LogP contribution in [0.3, 0.4) is 0 Å². The number of para-hydroxylation sites is 1. The Bertz CT molecular complexity index is 1960. The molecule has 4 aromatic carbocycles. The normalized spacial score (nSPS) is 13.8. The quantitative estimate of drug-likeness (QED) is 0.149. The van der Waals surface area contributed by atoms with E-state index in [-0.39, 0.29) is 16.8 Å². The Morgan fingerprint density at radius 1 is 0.872 bits per heavy atom. The summed E-state index contributed by atoms with van der Waals surface area (Å²) in [6, 6.07) is 25.3. The van der Waals surface area contributed by atoms with Crippen LogP contribution >= 0.6 is 11.6 Å². The van der Waals surface area contributed by atoms with Gasteiger partial charge in [0.25, 0.3) is 11.5 Å². The fraction of sp³-hybridized carbons (Fsp3) is 0.0323. The number of carbonyl (C=O) groups excluding carboxylic acids is 2. The summed E-state index contributed by atoms with van der Waals surface area (Å²) < 4.78 is 0. The Morgan fingerprint density at radius 3 is 2.51 bits per heavy atom. The lowest BCUT2D eigenvalue weighted by Crippen LogP contribution is -2.30. The molecule has 0 saturated carbocycles. The molecule has 7 nitrogen and oxygen atoms in total. The molecule has 0 aliphatic heterocycles. The Kier molecular flexibility index (Phi) is 6.05. The van der Waals surface area contributed by atoms with E-state index in [1.54, 1.807) is 48.5 Å². The standard InChI is InChI=1S/C31H21ClN4O3/c1-17-10-13-27(25(32)14-17)35-36-28-20-7-3-2-6-18(20)15-24(29(28)37)31(39)33-19-11-12-21-22-8-4-5-9-26(22)34-30(38)23(21)16-19/h2-16,35H,1H3,(H,33,39)(H,34,38)/b36-28+. The average molecular weight is 533 g/mol. The number of ketones is 1. The molecular weight excluding hydrogens is 512 g/mol. The van der Waals surface area contributed by atoms with Crippen molar-refractivity contribution in [2.45, 2.75) is 6.92 Å². The SMILES string of the molecule is Cc1ccc(N/N=C2/C(=O)C(C(=O)Nc3ccc4c(c3)c(=O)[nH]c3ccccc34)=Cc3ccccc32)c(Cl)c1. The van der Waals surface area contributed by atoms with E-state index in [0.29, 0.717) is 32.9 Å². The van der Waals surface area contributed by atoms with Gasteiger partial charge in [-0.2, -0.15) is 5.10 Å². The molecule has 1 aliphatic carbocycles. The molecule has 0 bridgehead atoms. The van der Waals surface area contributed by atoms with Crippen molar-refractivity contribution in [2.24, 2.45) is 5.10 Å². The summed E-state index contributed by atoms with van der Waals surface area (Å²) in [4.78, 5) is 42.5. The number of aromatic amines is 1. The maximum absolute atomic E-state index is 13.5. The lowest BCUT2D eigenvalue weighted by Gasteiger charge is -2.18. The number of nitrogens with one attached hydrogen (secondary N) is 3. The second-order valence-electron chi connectivity index (χ2n) is 9.24. The highest BCUT2D eigenvalue weighted by molar-refractivity contribution is 6.59. The summed E-state index contributed by atoms with van der Waals surface area (Å²) in [6.07, 6.45) is 1.55. The van der Waals surface area contributed by atoms with Crippen LogP contribution in [-0.4, -0.2) is 22.4 Å². The monoisotopic (exact) mass is 532 g/mol. The van der Waals surface area contributed by atoms with Crippen molar-refractivity contribution in [1.29, 1.82) is 0 Å². The number of H-pyrrole nitrogens is 1. The van der Waals surface area contributed by atoms with Gasteiger partial charge in [0, 0.05) is 27.5 Å². The minimum atomic E-state index is -0.605. The second kappa shape index (κ2) is 9.70. The van der Waals surface area contributed by atoms with E-state index < -0.39 is 11.7 Å². The minimum Gasteiger partial charge on any atom is -0.322 e. The Hall–Kier alpha value is -5.01. The van der Waals surface area contributed by atoms with Gasteiger partial charge in [0.2, 0.25) is 5.78 Å². The third kappa shape index (κ3) is 4.49. The van der Waals surface area contributed by atoms with Crippen molar-refractivity contribution >= 4 is 68.1 Å². The van der Waals surface area contributed by atoms with Crippen LogP contribution in [0.15, 0.2) is 100 Å². The van der Waals surface area contributed by atoms with Gasteiger partial charge < -0.3 is 10.3 Å². The number of hydrazone groups is 1. The number of fused-ring (bicyclic) bond motifs is 4. The fourth-order valence-corrected chi connectivity index (χ4v) is 4.95. The number of halogens is 1. The molecule has 0 unspecified atom stereocenters. The zero-order chi connectivity index (χ0) is 27.1. The molecule has 1 heterocycles. The van der Waals surface area contributed by atoms with Crippen molar-refractivity contribution in [3.8, 4) is 0 Å². The summed E-state index contributed by atoms with van der Waals surface area (Å²) in [5, 5.41) is 9.69. The number of hydrogen-bond acceptors (Lipinski definition) is 5. The van der Waals surface area contributed by atoms with Gasteiger partial charge in [0.05, 0.1) is 16.3 Å². The van der Waals surface area contributed by atoms with Crippen molar-refractivity contribution in [3.63, 3.8) is 0 Å². The smallest absolute Gasteiger partial charge is 0.259 e. The highest BCUT2D eigenvalue weighted by Crippen LogP contribution is 2.27. The first-order valence-corrected chi connectivity index (χ1v) is 12.6. The Balaban J connectivity index is 1.34. The van der Waals surface area contributed by atoms with Gasteiger partial charge in [-0.1, -0.05) is 66.2 Å². The first-order chi connectivity index (χ1) is 18.9. The Morgan fingerprint density at radius 2 is 1.67 bits per heavy atom. The van der Waals surface area contributed by atoms with E-state index in [4.69, 9.17) is 11.6 Å². The number of carbonyl (C=O) groups is 2. The van der Waals surface area contributed by atoms with Crippen molar-refractivity contribution in [2.75, 3.05) is 10.7 Å². The Labute approximate surface area is 227 Å². The van der Waals surface area contributed by atoms with E-state index in [0.717, 1.165) is 21.9 Å². The predicted octanol–water partition coefficient (Wildman–Crippen LogP) is 6.06. The van der Waals surface area contributed by atoms with Gasteiger partial charge >= 0.3 is 0 Å². The molecule has 0 spiro atoms. The van der Waals surface area contributed by atoms with Crippen molar-refractivity contribution in [3.05, 3.63) is 123 Å². The molecule has 0 saturated heterocycles. The third-order valence-electron chi connectivity index (χ3n) is 6.62. The topological polar surface area (TPSA) is 103 Å². The number of benzene rings is 4. The van der Waals surface area contributed by atoms with E-state index in [2.05, 4.69) is 20.8 Å². The van der Waals surface area contributed by atoms with E-state index in [9.17, 15) is 14.4 Å². The number of aromatic nitrogens is 1. The number of hydrogen-bond donors (Lipinski definition) is 3. The zero-order valence-electron chi connectivity index (χ0n) is 20.7. The summed E-state index contributed by atoms with van der Waals surface area (Å²) in [6.45, 7) is 1.92. The zero-order valence-corrected chi connectivity index (χ0v) is 21.5. The maximum Gasteiger partial charge on any atom is 0.259 e. The molecule has 0 fully saturated rings. The molecule has 0 atom stereocenters. The van der Waals surface area contributed by atoms with Gasteiger partial charge in [-0.15, -0.1) is 0 Å².